The molecule has 0 aliphatic heterocycles. The Kier molecular flexibility index (Phi) is 25.4. The first-order chi connectivity index (χ1) is 13.3. The molecule has 0 amide bonds. The average molecular weight is 672 g/mol. The van der Waals surface area contributed by atoms with Crippen LogP contribution in [0.1, 0.15) is 11.1 Å². The molecular formula is C22H32Cl2N2O4Pd2-2. The van der Waals surface area contributed by atoms with Crippen LogP contribution < -0.4 is 43.8 Å². The van der Waals surface area contributed by atoms with Gasteiger partial charge in [-0.1, -0.05) is 0 Å². The van der Waals surface area contributed by atoms with Gasteiger partial charge in [0.05, 0.1) is 28.4 Å². The van der Waals surface area contributed by atoms with Crippen molar-refractivity contribution >= 4 is 0 Å². The number of ether oxygens (including phenoxy) is 4. The van der Waals surface area contributed by atoms with Crippen LogP contribution in [0.15, 0.2) is 24.3 Å². The monoisotopic (exact) mass is 670 g/mol. The summed E-state index contributed by atoms with van der Waals surface area (Å²) in [6, 6.07) is 13.9. The van der Waals surface area contributed by atoms with E-state index in [0.29, 0.717) is 11.5 Å². The minimum Gasteiger partial charge on any atom is -1.00 e. The summed E-state index contributed by atoms with van der Waals surface area (Å²) in [4.78, 5) is 4.15. The molecular weight excluding hydrogens is 640 g/mol. The van der Waals surface area contributed by atoms with E-state index in [4.69, 9.17) is 18.9 Å². The van der Waals surface area contributed by atoms with E-state index in [1.54, 1.807) is 28.4 Å². The molecule has 32 heavy (non-hydrogen) atoms. The van der Waals surface area contributed by atoms with Gasteiger partial charge in [0.1, 0.15) is 23.0 Å². The zero-order valence-corrected chi connectivity index (χ0v) is 24.3. The third-order valence-electron chi connectivity index (χ3n) is 3.63. The van der Waals surface area contributed by atoms with E-state index in [2.05, 4.69) is 21.9 Å². The summed E-state index contributed by atoms with van der Waals surface area (Å²) < 4.78 is 20.6. The topological polar surface area (TPSA) is 43.4 Å². The van der Waals surface area contributed by atoms with E-state index in [0.717, 1.165) is 35.7 Å². The van der Waals surface area contributed by atoms with Crippen LogP contribution >= 0.6 is 0 Å². The molecule has 0 fully saturated rings. The zero-order chi connectivity index (χ0) is 21.1. The first kappa shape index (κ1) is 38.7. The Morgan fingerprint density at radius 2 is 0.906 bits per heavy atom. The Labute approximate surface area is 233 Å². The van der Waals surface area contributed by atoms with Gasteiger partial charge in [0, 0.05) is 78.2 Å². The number of hydrogen-bond donors (Lipinski definition) is 0. The molecule has 0 spiro atoms. The summed E-state index contributed by atoms with van der Waals surface area (Å²) in [7, 11) is 14.6. The molecule has 2 aromatic rings. The SMILES string of the molecule is COc1[c]c(CN(C)C)cc(OC)c1.COc1[c]c(CN(C)C)cc(OC)c1.[Cl-].[Cl-].[Pd].[Pd]. The van der Waals surface area contributed by atoms with Crippen molar-refractivity contribution in [3.8, 4) is 23.0 Å². The summed E-state index contributed by atoms with van der Waals surface area (Å²) in [5.74, 6) is 3.03. The van der Waals surface area contributed by atoms with E-state index in [-0.39, 0.29) is 65.7 Å². The summed E-state index contributed by atoms with van der Waals surface area (Å²) in [5.41, 5.74) is 2.12. The van der Waals surface area contributed by atoms with Gasteiger partial charge >= 0.3 is 0 Å². The van der Waals surface area contributed by atoms with Crippen LogP contribution in [0.25, 0.3) is 0 Å². The van der Waals surface area contributed by atoms with Crippen LogP contribution in [0.4, 0.5) is 0 Å². The Hall–Kier alpha value is -0.535. The predicted molar refractivity (Wildman–Crippen MR) is 112 cm³/mol. The molecule has 0 heterocycles. The molecule has 190 valence electrons. The second-order valence-corrected chi connectivity index (χ2v) is 6.70. The van der Waals surface area contributed by atoms with Crippen LogP contribution in [-0.4, -0.2) is 66.4 Å². The Balaban J connectivity index is -0.000000218. The van der Waals surface area contributed by atoms with Gasteiger partial charge in [0.2, 0.25) is 0 Å². The summed E-state index contributed by atoms with van der Waals surface area (Å²) in [6.45, 7) is 1.65. The van der Waals surface area contributed by atoms with Gasteiger partial charge in [-0.15, -0.1) is 0 Å². The quantitative estimate of drug-likeness (QED) is 0.282. The molecule has 0 saturated carbocycles. The van der Waals surface area contributed by atoms with Crippen molar-refractivity contribution in [2.45, 2.75) is 13.1 Å². The fraction of sp³-hybridized carbons (Fsp3) is 0.455. The standard InChI is InChI=1S/2C11H16NO2.2ClH.2Pd/c2*1-12(2)8-9-5-10(13-3)7-11(6-9)14-4;;;;/h2*5,7H,8H2,1-4H3;2*1H;;/p-2. The molecule has 2 rings (SSSR count). The van der Waals surface area contributed by atoms with Gasteiger partial charge in [-0.3, -0.25) is 0 Å². The minimum atomic E-state index is 0. The molecule has 2 radical (unpaired) electrons. The van der Waals surface area contributed by atoms with E-state index >= 15 is 0 Å². The second kappa shape index (κ2) is 21.0. The van der Waals surface area contributed by atoms with E-state index in [1.165, 1.54) is 0 Å². The van der Waals surface area contributed by atoms with Crippen LogP contribution in [0, 0.1) is 12.1 Å². The maximum absolute atomic E-state index is 5.16. The number of methoxy groups -OCH3 is 4. The smallest absolute Gasteiger partial charge is 0.130 e. The van der Waals surface area contributed by atoms with Crippen LogP contribution in [0.5, 0.6) is 23.0 Å². The summed E-state index contributed by atoms with van der Waals surface area (Å²) >= 11 is 0. The van der Waals surface area contributed by atoms with Crippen molar-refractivity contribution in [1.29, 1.82) is 0 Å². The average Bonchev–Trinajstić information content (AvgIpc) is 2.66. The molecule has 2 aromatic carbocycles. The van der Waals surface area contributed by atoms with E-state index in [1.807, 2.05) is 52.5 Å². The Bertz CT molecular complexity index is 633. The van der Waals surface area contributed by atoms with Crippen molar-refractivity contribution < 1.29 is 84.6 Å². The first-order valence-electron chi connectivity index (χ1n) is 8.89. The molecule has 0 aliphatic rings. The van der Waals surface area contributed by atoms with Crippen LogP contribution in [-0.2, 0) is 53.9 Å². The van der Waals surface area contributed by atoms with Crippen LogP contribution in [0.2, 0.25) is 0 Å². The molecule has 0 atom stereocenters. The normalized spacial score (nSPS) is 9.06. The van der Waals surface area contributed by atoms with Gasteiger partial charge in [-0.2, -0.15) is 0 Å². The summed E-state index contributed by atoms with van der Waals surface area (Å²) in [5, 5.41) is 0. The van der Waals surface area contributed by atoms with E-state index in [9.17, 15) is 0 Å². The molecule has 0 saturated heterocycles. The maximum atomic E-state index is 5.16. The Morgan fingerprint density at radius 3 is 1.12 bits per heavy atom. The number of halogens is 2. The first-order valence-corrected chi connectivity index (χ1v) is 8.89. The third kappa shape index (κ3) is 15.3. The van der Waals surface area contributed by atoms with E-state index < -0.39 is 0 Å². The number of benzene rings is 2. The van der Waals surface area contributed by atoms with Gasteiger partial charge in [-0.25, -0.2) is 0 Å². The number of rotatable bonds is 8. The minimum absolute atomic E-state index is 0. The maximum Gasteiger partial charge on any atom is 0.130 e. The van der Waals surface area contributed by atoms with Gasteiger partial charge in [0.15, 0.2) is 0 Å². The van der Waals surface area contributed by atoms with Crippen molar-refractivity contribution in [3.63, 3.8) is 0 Å². The fourth-order valence-corrected chi connectivity index (χ4v) is 2.45. The second-order valence-electron chi connectivity index (χ2n) is 6.70. The molecule has 0 aromatic heterocycles. The molecule has 6 nitrogen and oxygen atoms in total. The van der Waals surface area contributed by atoms with Crippen molar-refractivity contribution in [2.24, 2.45) is 0 Å². The van der Waals surface area contributed by atoms with Crippen molar-refractivity contribution in [1.82, 2.24) is 9.80 Å². The Morgan fingerprint density at radius 1 is 0.594 bits per heavy atom. The summed E-state index contributed by atoms with van der Waals surface area (Å²) in [6.07, 6.45) is 0. The molecule has 0 N–H and O–H groups in total. The zero-order valence-electron chi connectivity index (χ0n) is 19.6. The van der Waals surface area contributed by atoms with Crippen molar-refractivity contribution in [3.05, 3.63) is 47.5 Å². The van der Waals surface area contributed by atoms with Crippen LogP contribution in [0.3, 0.4) is 0 Å². The largest absolute Gasteiger partial charge is 1.00 e. The number of hydrogen-bond acceptors (Lipinski definition) is 6. The number of nitrogens with zero attached hydrogens (tertiary/aromatic N) is 2. The molecule has 0 unspecified atom stereocenters. The van der Waals surface area contributed by atoms with Gasteiger partial charge in [0.25, 0.3) is 0 Å². The van der Waals surface area contributed by atoms with Gasteiger partial charge < -0.3 is 53.6 Å². The molecule has 0 bridgehead atoms. The van der Waals surface area contributed by atoms with Crippen molar-refractivity contribution in [2.75, 3.05) is 56.6 Å². The fourth-order valence-electron chi connectivity index (χ4n) is 2.45. The van der Waals surface area contributed by atoms with Gasteiger partial charge in [-0.05, 0) is 51.5 Å². The molecule has 0 aliphatic carbocycles. The predicted octanol–water partition coefficient (Wildman–Crippen LogP) is -2.87. The third-order valence-corrected chi connectivity index (χ3v) is 3.63. The molecule has 10 heteroatoms.